The van der Waals surface area contributed by atoms with E-state index in [1.807, 2.05) is 19.1 Å². The molecule has 0 aliphatic rings. The first-order valence-electron chi connectivity index (χ1n) is 6.35. The van der Waals surface area contributed by atoms with Crippen molar-refractivity contribution in [2.75, 3.05) is 0 Å². The van der Waals surface area contributed by atoms with E-state index in [1.165, 1.54) is 0 Å². The predicted octanol–water partition coefficient (Wildman–Crippen LogP) is 0.698. The zero-order chi connectivity index (χ0) is 15.1. The highest BCUT2D eigenvalue weighted by Gasteiger charge is 2.21. The summed E-state index contributed by atoms with van der Waals surface area (Å²) in [5, 5.41) is 11.4. The second kappa shape index (κ2) is 7.28. The van der Waals surface area contributed by atoms with Crippen molar-refractivity contribution in [2.45, 2.75) is 32.2 Å². The molecule has 4 N–H and O–H groups in total. The molecule has 1 rings (SSSR count). The number of carboxylic acid groups (broad SMARTS) is 1. The van der Waals surface area contributed by atoms with Crippen molar-refractivity contribution >= 4 is 17.8 Å². The topological polar surface area (TPSA) is 109 Å². The van der Waals surface area contributed by atoms with Gasteiger partial charge in [0, 0.05) is 12.0 Å². The standard InChI is InChI=1S/C14H18N2O4/c1-2-9-3-5-10(6-4-9)13(18)16-11(14(19)20)7-8-12(15)17/h3-6,11H,2,7-8H2,1H3,(H2,15,17)(H,16,18)(H,19,20)/t11-/m1/s1. The molecule has 6 heteroatoms. The van der Waals surface area contributed by atoms with E-state index in [0.29, 0.717) is 5.56 Å². The van der Waals surface area contributed by atoms with Crippen molar-refractivity contribution in [2.24, 2.45) is 5.73 Å². The minimum Gasteiger partial charge on any atom is -0.480 e. The van der Waals surface area contributed by atoms with E-state index < -0.39 is 23.8 Å². The van der Waals surface area contributed by atoms with Gasteiger partial charge >= 0.3 is 5.97 Å². The predicted molar refractivity (Wildman–Crippen MR) is 73.1 cm³/mol. The van der Waals surface area contributed by atoms with Crippen LogP contribution in [0.1, 0.15) is 35.7 Å². The van der Waals surface area contributed by atoms with Crippen LogP contribution < -0.4 is 11.1 Å². The van der Waals surface area contributed by atoms with Crippen LogP contribution in [-0.2, 0) is 16.0 Å². The van der Waals surface area contributed by atoms with Crippen molar-refractivity contribution in [3.63, 3.8) is 0 Å². The highest BCUT2D eigenvalue weighted by molar-refractivity contribution is 5.96. The van der Waals surface area contributed by atoms with Crippen LogP contribution in [0.15, 0.2) is 24.3 Å². The number of amides is 2. The zero-order valence-corrected chi connectivity index (χ0v) is 11.3. The maximum absolute atomic E-state index is 11.9. The maximum Gasteiger partial charge on any atom is 0.326 e. The van der Waals surface area contributed by atoms with Crippen LogP contribution in [0.2, 0.25) is 0 Å². The second-order valence-corrected chi connectivity index (χ2v) is 4.42. The molecule has 0 heterocycles. The number of aryl methyl sites for hydroxylation is 1. The summed E-state index contributed by atoms with van der Waals surface area (Å²) in [5.41, 5.74) is 6.44. The molecule has 1 atom stereocenters. The molecule has 0 aromatic heterocycles. The van der Waals surface area contributed by atoms with Crippen LogP contribution in [0.5, 0.6) is 0 Å². The third-order valence-corrected chi connectivity index (χ3v) is 2.91. The van der Waals surface area contributed by atoms with Gasteiger partial charge in [0.25, 0.3) is 5.91 Å². The van der Waals surface area contributed by atoms with Crippen LogP contribution in [0.25, 0.3) is 0 Å². The molecule has 108 valence electrons. The fourth-order valence-electron chi connectivity index (χ4n) is 1.68. The summed E-state index contributed by atoms with van der Waals surface area (Å²) in [7, 11) is 0. The Hall–Kier alpha value is -2.37. The van der Waals surface area contributed by atoms with E-state index in [0.717, 1.165) is 12.0 Å². The lowest BCUT2D eigenvalue weighted by atomic mass is 10.1. The van der Waals surface area contributed by atoms with Gasteiger partial charge in [-0.2, -0.15) is 0 Å². The molecule has 1 aromatic rings. The molecule has 0 saturated heterocycles. The third-order valence-electron chi connectivity index (χ3n) is 2.91. The Morgan fingerprint density at radius 2 is 1.85 bits per heavy atom. The van der Waals surface area contributed by atoms with Crippen molar-refractivity contribution < 1.29 is 19.5 Å². The first-order chi connectivity index (χ1) is 9.43. The number of carboxylic acids is 1. The summed E-state index contributed by atoms with van der Waals surface area (Å²) >= 11 is 0. The first kappa shape index (κ1) is 15.7. The number of benzene rings is 1. The number of carbonyl (C=O) groups excluding carboxylic acids is 2. The number of nitrogens with one attached hydrogen (secondary N) is 1. The SMILES string of the molecule is CCc1ccc(C(=O)N[C@H](CCC(N)=O)C(=O)O)cc1. The van der Waals surface area contributed by atoms with Gasteiger partial charge in [-0.3, -0.25) is 9.59 Å². The van der Waals surface area contributed by atoms with Gasteiger partial charge in [0.2, 0.25) is 5.91 Å². The number of primary amides is 1. The minimum atomic E-state index is -1.19. The number of hydrogen-bond donors (Lipinski definition) is 3. The summed E-state index contributed by atoms with van der Waals surface area (Å²) in [5.74, 6) is -2.27. The third kappa shape index (κ3) is 4.72. The summed E-state index contributed by atoms with van der Waals surface area (Å²) < 4.78 is 0. The molecule has 2 amide bonds. The molecular weight excluding hydrogens is 260 g/mol. The van der Waals surface area contributed by atoms with Gasteiger partial charge in [-0.15, -0.1) is 0 Å². The molecule has 0 fully saturated rings. The van der Waals surface area contributed by atoms with Gasteiger partial charge in [-0.1, -0.05) is 19.1 Å². The van der Waals surface area contributed by atoms with Crippen LogP contribution >= 0.6 is 0 Å². The summed E-state index contributed by atoms with van der Waals surface area (Å²) in [6, 6.07) is 5.78. The molecule has 0 saturated carbocycles. The Labute approximate surface area is 117 Å². The Morgan fingerprint density at radius 3 is 2.30 bits per heavy atom. The number of carbonyl (C=O) groups is 3. The molecule has 0 aliphatic carbocycles. The van der Waals surface area contributed by atoms with Crippen LogP contribution in [0, 0.1) is 0 Å². The first-order valence-corrected chi connectivity index (χ1v) is 6.35. The van der Waals surface area contributed by atoms with Gasteiger partial charge in [0.15, 0.2) is 0 Å². The van der Waals surface area contributed by atoms with E-state index in [2.05, 4.69) is 5.32 Å². The zero-order valence-electron chi connectivity index (χ0n) is 11.3. The molecule has 0 aliphatic heterocycles. The van der Waals surface area contributed by atoms with Crippen molar-refractivity contribution in [1.82, 2.24) is 5.32 Å². The van der Waals surface area contributed by atoms with Crippen LogP contribution in [0.4, 0.5) is 0 Å². The highest BCUT2D eigenvalue weighted by Crippen LogP contribution is 2.06. The number of rotatable bonds is 7. The van der Waals surface area contributed by atoms with Crippen molar-refractivity contribution in [3.8, 4) is 0 Å². The maximum atomic E-state index is 11.9. The fourth-order valence-corrected chi connectivity index (χ4v) is 1.68. The quantitative estimate of drug-likeness (QED) is 0.681. The van der Waals surface area contributed by atoms with Crippen LogP contribution in [-0.4, -0.2) is 28.9 Å². The molecule has 0 bridgehead atoms. The summed E-state index contributed by atoms with van der Waals surface area (Å²) in [6.45, 7) is 2.00. The molecule has 0 spiro atoms. The molecule has 1 aromatic carbocycles. The summed E-state index contributed by atoms with van der Waals surface area (Å²) in [6.07, 6.45) is 0.744. The monoisotopic (exact) mass is 278 g/mol. The van der Waals surface area contributed by atoms with E-state index in [-0.39, 0.29) is 12.8 Å². The molecule has 0 radical (unpaired) electrons. The van der Waals surface area contributed by atoms with Gasteiger partial charge in [-0.25, -0.2) is 4.79 Å². The van der Waals surface area contributed by atoms with Gasteiger partial charge in [-0.05, 0) is 30.5 Å². The lowest BCUT2D eigenvalue weighted by molar-refractivity contribution is -0.139. The van der Waals surface area contributed by atoms with Gasteiger partial charge in [0.1, 0.15) is 6.04 Å². The average molecular weight is 278 g/mol. The molecule has 6 nitrogen and oxygen atoms in total. The Balaban J connectivity index is 2.69. The molecular formula is C14H18N2O4. The fraction of sp³-hybridized carbons (Fsp3) is 0.357. The second-order valence-electron chi connectivity index (χ2n) is 4.42. The Morgan fingerprint density at radius 1 is 1.25 bits per heavy atom. The van der Waals surface area contributed by atoms with E-state index >= 15 is 0 Å². The lowest BCUT2D eigenvalue weighted by Gasteiger charge is -2.13. The Kier molecular flexibility index (Phi) is 5.71. The smallest absolute Gasteiger partial charge is 0.326 e. The van der Waals surface area contributed by atoms with E-state index in [9.17, 15) is 14.4 Å². The van der Waals surface area contributed by atoms with Gasteiger partial charge < -0.3 is 16.2 Å². The summed E-state index contributed by atoms with van der Waals surface area (Å²) in [4.78, 5) is 33.6. The van der Waals surface area contributed by atoms with Crippen molar-refractivity contribution in [1.29, 1.82) is 0 Å². The highest BCUT2D eigenvalue weighted by atomic mass is 16.4. The average Bonchev–Trinajstić information content (AvgIpc) is 2.42. The number of aliphatic carboxylic acids is 1. The van der Waals surface area contributed by atoms with Crippen molar-refractivity contribution in [3.05, 3.63) is 35.4 Å². The van der Waals surface area contributed by atoms with E-state index in [1.54, 1.807) is 12.1 Å². The lowest BCUT2D eigenvalue weighted by Crippen LogP contribution is -2.41. The molecule has 0 unspecified atom stereocenters. The van der Waals surface area contributed by atoms with E-state index in [4.69, 9.17) is 10.8 Å². The molecule has 20 heavy (non-hydrogen) atoms. The number of hydrogen-bond acceptors (Lipinski definition) is 3. The number of nitrogens with two attached hydrogens (primary N) is 1. The van der Waals surface area contributed by atoms with Crippen LogP contribution in [0.3, 0.4) is 0 Å². The largest absolute Gasteiger partial charge is 0.480 e. The van der Waals surface area contributed by atoms with Gasteiger partial charge in [0.05, 0.1) is 0 Å². The Bertz CT molecular complexity index is 496. The minimum absolute atomic E-state index is 0.0244. The normalized spacial score (nSPS) is 11.7.